The van der Waals surface area contributed by atoms with E-state index in [1.807, 2.05) is 0 Å². The van der Waals surface area contributed by atoms with Crippen LogP contribution >= 0.6 is 23.4 Å². The van der Waals surface area contributed by atoms with Gasteiger partial charge in [-0.05, 0) is 65.9 Å². The lowest BCUT2D eigenvalue weighted by Gasteiger charge is -2.11. The summed E-state index contributed by atoms with van der Waals surface area (Å²) in [5, 5.41) is -0.0114. The topological polar surface area (TPSA) is 63.7 Å². The smallest absolute Gasteiger partial charge is 0.293 e. The Hall–Kier alpha value is -3.42. The van der Waals surface area contributed by atoms with Crippen LogP contribution in [0.25, 0.3) is 6.08 Å². The van der Waals surface area contributed by atoms with Crippen LogP contribution in [0.3, 0.4) is 0 Å². The highest BCUT2D eigenvalue weighted by molar-refractivity contribution is 8.18. The fourth-order valence-electron chi connectivity index (χ4n) is 3.10. The molecule has 3 aromatic carbocycles. The van der Waals surface area contributed by atoms with E-state index in [9.17, 15) is 18.8 Å². The Balaban J connectivity index is 1.40. The highest BCUT2D eigenvalue weighted by Gasteiger charge is 2.36. The van der Waals surface area contributed by atoms with Crippen molar-refractivity contribution in [2.75, 3.05) is 6.54 Å². The van der Waals surface area contributed by atoms with E-state index in [0.29, 0.717) is 27.5 Å². The van der Waals surface area contributed by atoms with Gasteiger partial charge >= 0.3 is 0 Å². The van der Waals surface area contributed by atoms with Gasteiger partial charge in [0, 0.05) is 16.1 Å². The van der Waals surface area contributed by atoms with Gasteiger partial charge in [0.05, 0.1) is 11.4 Å². The molecule has 0 aliphatic carbocycles. The molecule has 3 aromatic rings. The summed E-state index contributed by atoms with van der Waals surface area (Å²) in [5.74, 6) is -0.671. The number of ether oxygens (including phenoxy) is 1. The maximum absolute atomic E-state index is 13.7. The molecule has 5 nitrogen and oxygen atoms in total. The zero-order valence-corrected chi connectivity index (χ0v) is 18.7. The summed E-state index contributed by atoms with van der Waals surface area (Å²) >= 11 is 6.61. The molecule has 0 bridgehead atoms. The zero-order valence-electron chi connectivity index (χ0n) is 17.2. The number of carbonyl (C=O) groups is 3. The maximum Gasteiger partial charge on any atom is 0.293 e. The van der Waals surface area contributed by atoms with E-state index in [-0.39, 0.29) is 29.7 Å². The summed E-state index contributed by atoms with van der Waals surface area (Å²) in [4.78, 5) is 38.6. The average Bonchev–Trinajstić information content (AvgIpc) is 3.07. The van der Waals surface area contributed by atoms with Gasteiger partial charge in [-0.1, -0.05) is 41.9 Å². The number of carbonyl (C=O) groups excluding carboxylic acids is 3. The van der Waals surface area contributed by atoms with Crippen molar-refractivity contribution in [3.8, 4) is 5.75 Å². The first-order valence-electron chi connectivity index (χ1n) is 9.91. The van der Waals surface area contributed by atoms with Gasteiger partial charge in [-0.25, -0.2) is 4.39 Å². The van der Waals surface area contributed by atoms with Crippen molar-refractivity contribution in [3.63, 3.8) is 0 Å². The van der Waals surface area contributed by atoms with E-state index >= 15 is 0 Å². The van der Waals surface area contributed by atoms with E-state index in [2.05, 4.69) is 0 Å². The van der Waals surface area contributed by atoms with Crippen LogP contribution in [0.5, 0.6) is 5.75 Å². The number of ketones is 1. The highest BCUT2D eigenvalue weighted by atomic mass is 35.5. The number of benzene rings is 3. The van der Waals surface area contributed by atoms with E-state index in [4.69, 9.17) is 16.3 Å². The molecule has 2 amide bonds. The minimum Gasteiger partial charge on any atom is -0.489 e. The summed E-state index contributed by atoms with van der Waals surface area (Å²) in [6.07, 6.45) is 1.58. The van der Waals surface area contributed by atoms with Gasteiger partial charge in [0.2, 0.25) is 0 Å². The second-order valence-electron chi connectivity index (χ2n) is 7.15. The molecule has 8 heteroatoms. The van der Waals surface area contributed by atoms with Crippen LogP contribution in [0.1, 0.15) is 21.5 Å². The van der Waals surface area contributed by atoms with Crippen LogP contribution in [0.15, 0.2) is 77.7 Å². The number of thioether (sulfide) groups is 1. The molecule has 0 spiro atoms. The lowest BCUT2D eigenvalue weighted by Crippen LogP contribution is -2.33. The number of nitrogens with zero attached hydrogens (tertiary/aromatic N) is 1. The Labute approximate surface area is 198 Å². The van der Waals surface area contributed by atoms with Crippen LogP contribution in [0, 0.1) is 5.82 Å². The lowest BCUT2D eigenvalue weighted by molar-refractivity contribution is -0.122. The normalized spacial score (nSPS) is 14.7. The first-order chi connectivity index (χ1) is 15.9. The van der Waals surface area contributed by atoms with E-state index in [1.165, 1.54) is 6.07 Å². The van der Waals surface area contributed by atoms with E-state index < -0.39 is 11.1 Å². The Morgan fingerprint density at radius 1 is 1.00 bits per heavy atom. The van der Waals surface area contributed by atoms with Crippen molar-refractivity contribution >= 4 is 46.4 Å². The zero-order chi connectivity index (χ0) is 23.4. The summed E-state index contributed by atoms with van der Waals surface area (Å²) in [5.41, 5.74) is 1.50. The van der Waals surface area contributed by atoms with Crippen molar-refractivity contribution in [1.29, 1.82) is 0 Å². The fourth-order valence-corrected chi connectivity index (χ4v) is 4.06. The predicted octanol–water partition coefficient (Wildman–Crippen LogP) is 5.98. The molecule has 0 saturated carbocycles. The third kappa shape index (κ3) is 5.50. The monoisotopic (exact) mass is 481 g/mol. The maximum atomic E-state index is 13.7. The molecule has 0 radical (unpaired) electrons. The van der Waals surface area contributed by atoms with E-state index in [1.54, 1.807) is 72.8 Å². The number of amides is 2. The largest absolute Gasteiger partial charge is 0.489 e. The SMILES string of the molecule is O=C(CN1C(=O)S/C(=C/c2ccc(OCc3ccccc3F)cc2)C1=O)c1ccc(Cl)cc1. The molecule has 0 atom stereocenters. The van der Waals surface area contributed by atoms with E-state index in [0.717, 1.165) is 16.7 Å². The molecule has 0 unspecified atom stereocenters. The molecule has 33 heavy (non-hydrogen) atoms. The number of halogens is 2. The third-order valence-electron chi connectivity index (χ3n) is 4.87. The molecule has 1 aliphatic heterocycles. The molecule has 0 N–H and O–H groups in total. The highest BCUT2D eigenvalue weighted by Crippen LogP contribution is 2.32. The average molecular weight is 482 g/mol. The van der Waals surface area contributed by atoms with Crippen LogP contribution in [-0.4, -0.2) is 28.4 Å². The van der Waals surface area contributed by atoms with Crippen LogP contribution in [0.2, 0.25) is 5.02 Å². The van der Waals surface area contributed by atoms with Gasteiger partial charge in [0.1, 0.15) is 18.2 Å². The first-order valence-corrected chi connectivity index (χ1v) is 11.1. The molecule has 4 rings (SSSR count). The molecular weight excluding hydrogens is 465 g/mol. The molecule has 1 aliphatic rings. The standard InChI is InChI=1S/C25H17ClFNO4S/c26-19-9-7-17(8-10-19)22(29)14-28-24(30)23(33-25(28)31)13-16-5-11-20(12-6-16)32-15-18-3-1-2-4-21(18)27/h1-13H,14-15H2/b23-13+. The molecule has 166 valence electrons. The van der Waals surface area contributed by atoms with Crippen molar-refractivity contribution in [1.82, 2.24) is 4.90 Å². The molecule has 1 saturated heterocycles. The van der Waals surface area contributed by atoms with Crippen LogP contribution < -0.4 is 4.74 Å². The van der Waals surface area contributed by atoms with Crippen molar-refractivity contribution in [3.05, 3.63) is 105 Å². The van der Waals surface area contributed by atoms with Gasteiger partial charge in [-0.15, -0.1) is 0 Å². The Morgan fingerprint density at radius 2 is 1.70 bits per heavy atom. The van der Waals surface area contributed by atoms with Gasteiger partial charge in [-0.2, -0.15) is 0 Å². The lowest BCUT2D eigenvalue weighted by atomic mass is 10.1. The molecule has 1 fully saturated rings. The van der Waals surface area contributed by atoms with Crippen molar-refractivity contribution in [2.45, 2.75) is 6.61 Å². The minimum atomic E-state index is -0.521. The summed E-state index contributed by atoms with van der Waals surface area (Å²) in [7, 11) is 0. The molecule has 1 heterocycles. The summed E-state index contributed by atoms with van der Waals surface area (Å²) < 4.78 is 19.3. The summed E-state index contributed by atoms with van der Waals surface area (Å²) in [6.45, 7) is -0.251. The van der Waals surface area contributed by atoms with Gasteiger partial charge in [-0.3, -0.25) is 19.3 Å². The Bertz CT molecular complexity index is 1240. The Morgan fingerprint density at radius 3 is 2.39 bits per heavy atom. The second-order valence-corrected chi connectivity index (χ2v) is 8.58. The van der Waals surface area contributed by atoms with Crippen molar-refractivity contribution in [2.24, 2.45) is 0 Å². The van der Waals surface area contributed by atoms with Crippen LogP contribution in [0.4, 0.5) is 9.18 Å². The first kappa shape index (κ1) is 22.8. The van der Waals surface area contributed by atoms with Gasteiger partial charge in [0.15, 0.2) is 5.78 Å². The number of Topliss-reactive ketones (excluding diaryl/α,β-unsaturated/α-hetero) is 1. The minimum absolute atomic E-state index is 0.0898. The quantitative estimate of drug-likeness (QED) is 0.307. The second kappa shape index (κ2) is 10.0. The van der Waals surface area contributed by atoms with Gasteiger partial charge in [0.25, 0.3) is 11.1 Å². The number of hydrogen-bond donors (Lipinski definition) is 0. The predicted molar refractivity (Wildman–Crippen MR) is 126 cm³/mol. The third-order valence-corrected chi connectivity index (χ3v) is 6.03. The number of imide groups is 1. The molecular formula is C25H17ClFNO4S. The fraction of sp³-hybridized carbons (Fsp3) is 0.0800. The van der Waals surface area contributed by atoms with Crippen LogP contribution in [-0.2, 0) is 11.4 Å². The number of rotatable bonds is 7. The number of hydrogen-bond acceptors (Lipinski definition) is 5. The summed E-state index contributed by atoms with van der Waals surface area (Å²) in [6, 6.07) is 19.5. The molecule has 0 aromatic heterocycles. The Kier molecular flexibility index (Phi) is 6.91. The van der Waals surface area contributed by atoms with Gasteiger partial charge < -0.3 is 4.74 Å². The van der Waals surface area contributed by atoms with Crippen molar-refractivity contribution < 1.29 is 23.5 Å².